The zero-order chi connectivity index (χ0) is 22.8. The molecule has 172 valence electrons. The van der Waals surface area contributed by atoms with Crippen molar-refractivity contribution in [3.63, 3.8) is 0 Å². The van der Waals surface area contributed by atoms with Crippen LogP contribution in [0.1, 0.15) is 49.9 Å². The number of nitrogens with zero attached hydrogens (tertiary/aromatic N) is 5. The van der Waals surface area contributed by atoms with Crippen LogP contribution in [0.2, 0.25) is 0 Å². The SMILES string of the molecule is [C-]#[N+]c1ccc2c(c1)CC(c1cccc(N3CCCN(C4CCN(C(C)C)CC4)CC3)n1)=C2. The lowest BCUT2D eigenvalue weighted by atomic mass is 10.0. The van der Waals surface area contributed by atoms with E-state index in [0.29, 0.717) is 11.7 Å². The van der Waals surface area contributed by atoms with E-state index < -0.39 is 0 Å². The van der Waals surface area contributed by atoms with E-state index in [-0.39, 0.29) is 0 Å². The lowest BCUT2D eigenvalue weighted by Crippen LogP contribution is -2.47. The van der Waals surface area contributed by atoms with Crippen LogP contribution in [0.25, 0.3) is 16.5 Å². The van der Waals surface area contributed by atoms with E-state index in [1.807, 2.05) is 12.1 Å². The fourth-order valence-electron chi connectivity index (χ4n) is 5.64. The molecule has 2 aliphatic heterocycles. The van der Waals surface area contributed by atoms with Gasteiger partial charge in [-0.15, -0.1) is 0 Å². The Kier molecular flexibility index (Phi) is 6.48. The smallest absolute Gasteiger partial charge is 0.187 e. The molecule has 5 heteroatoms. The number of aromatic nitrogens is 1. The number of hydrogen-bond acceptors (Lipinski definition) is 4. The van der Waals surface area contributed by atoms with Gasteiger partial charge in [-0.05, 0) is 87.5 Å². The molecule has 2 aromatic rings. The van der Waals surface area contributed by atoms with E-state index >= 15 is 0 Å². The average molecular weight is 442 g/mol. The van der Waals surface area contributed by atoms with Crippen LogP contribution in [0.3, 0.4) is 0 Å². The molecular weight excluding hydrogens is 406 g/mol. The van der Waals surface area contributed by atoms with Crippen LogP contribution < -0.4 is 4.90 Å². The van der Waals surface area contributed by atoms with Crippen molar-refractivity contribution >= 4 is 23.2 Å². The number of benzene rings is 1. The molecule has 1 aliphatic carbocycles. The van der Waals surface area contributed by atoms with Crippen LogP contribution in [0, 0.1) is 6.57 Å². The largest absolute Gasteiger partial charge is 0.355 e. The van der Waals surface area contributed by atoms with Gasteiger partial charge in [0.05, 0.1) is 12.3 Å². The third kappa shape index (κ3) is 4.83. The maximum Gasteiger partial charge on any atom is 0.187 e. The average Bonchev–Trinajstić information content (AvgIpc) is 3.12. The Hall–Kier alpha value is -2.68. The molecule has 3 aliphatic rings. The third-order valence-electron chi connectivity index (χ3n) is 7.63. The number of rotatable bonds is 4. The Morgan fingerprint density at radius 3 is 2.64 bits per heavy atom. The Labute approximate surface area is 198 Å². The van der Waals surface area contributed by atoms with Crippen molar-refractivity contribution < 1.29 is 0 Å². The molecule has 0 atom stereocenters. The second kappa shape index (κ2) is 9.67. The number of fused-ring (bicyclic) bond motifs is 1. The summed E-state index contributed by atoms with van der Waals surface area (Å²) in [6.07, 6.45) is 6.90. The predicted molar refractivity (Wildman–Crippen MR) is 137 cm³/mol. The zero-order valence-electron chi connectivity index (χ0n) is 20.0. The zero-order valence-corrected chi connectivity index (χ0v) is 20.0. The van der Waals surface area contributed by atoms with Crippen LogP contribution in [0.5, 0.6) is 0 Å². The molecule has 3 heterocycles. The molecule has 0 N–H and O–H groups in total. The first-order chi connectivity index (χ1) is 16.1. The number of hydrogen-bond donors (Lipinski definition) is 0. The molecule has 5 rings (SSSR count). The van der Waals surface area contributed by atoms with E-state index in [9.17, 15) is 0 Å². The number of allylic oxidation sites excluding steroid dienone is 1. The minimum absolute atomic E-state index is 0.668. The van der Waals surface area contributed by atoms with Gasteiger partial charge in [0.2, 0.25) is 0 Å². The lowest BCUT2D eigenvalue weighted by molar-refractivity contribution is 0.0965. The Morgan fingerprint density at radius 2 is 1.85 bits per heavy atom. The van der Waals surface area contributed by atoms with E-state index in [1.165, 1.54) is 55.6 Å². The maximum atomic E-state index is 7.27. The standard InChI is InChI=1S/C28H35N5/c1-21(2)31-14-10-26(11-15-31)32-12-5-13-33(17-16-32)28-7-4-6-27(30-28)24-18-22-8-9-25(29-3)20-23(22)19-24/h4,6-9,18,20-21,26H,5,10-17,19H2,1-2H3. The van der Waals surface area contributed by atoms with Crippen molar-refractivity contribution in [3.8, 4) is 0 Å². The van der Waals surface area contributed by atoms with Crippen LogP contribution in [-0.2, 0) is 6.42 Å². The Balaban J connectivity index is 1.23. The monoisotopic (exact) mass is 441 g/mol. The van der Waals surface area contributed by atoms with Gasteiger partial charge in [0.15, 0.2) is 5.69 Å². The number of anilines is 1. The third-order valence-corrected chi connectivity index (χ3v) is 7.63. The first-order valence-corrected chi connectivity index (χ1v) is 12.5. The van der Waals surface area contributed by atoms with Gasteiger partial charge >= 0.3 is 0 Å². The van der Waals surface area contributed by atoms with Crippen molar-refractivity contribution in [2.24, 2.45) is 0 Å². The maximum absolute atomic E-state index is 7.27. The molecule has 0 saturated carbocycles. The molecule has 33 heavy (non-hydrogen) atoms. The molecule has 5 nitrogen and oxygen atoms in total. The molecule has 1 aromatic carbocycles. The van der Waals surface area contributed by atoms with Crippen LogP contribution in [-0.4, -0.2) is 66.1 Å². The lowest BCUT2D eigenvalue weighted by Gasteiger charge is -2.39. The highest BCUT2D eigenvalue weighted by atomic mass is 15.3. The number of likely N-dealkylation sites (tertiary alicyclic amines) is 1. The van der Waals surface area contributed by atoms with Gasteiger partial charge < -0.3 is 9.80 Å². The second-order valence-electron chi connectivity index (χ2n) is 9.96. The summed E-state index contributed by atoms with van der Waals surface area (Å²) >= 11 is 0. The summed E-state index contributed by atoms with van der Waals surface area (Å²) in [6, 6.07) is 13.8. The molecule has 2 saturated heterocycles. The van der Waals surface area contributed by atoms with Crippen LogP contribution in [0.4, 0.5) is 11.5 Å². The normalized spacial score (nSPS) is 20.4. The quantitative estimate of drug-likeness (QED) is 0.616. The molecule has 0 amide bonds. The van der Waals surface area contributed by atoms with Crippen molar-refractivity contribution in [1.29, 1.82) is 0 Å². The van der Waals surface area contributed by atoms with Crippen LogP contribution in [0.15, 0.2) is 36.4 Å². The second-order valence-corrected chi connectivity index (χ2v) is 9.96. The van der Waals surface area contributed by atoms with Gasteiger partial charge in [-0.1, -0.05) is 24.3 Å². The van der Waals surface area contributed by atoms with E-state index in [2.05, 4.69) is 63.7 Å². The molecule has 2 fully saturated rings. The van der Waals surface area contributed by atoms with Crippen molar-refractivity contribution in [3.05, 3.63) is 64.6 Å². The van der Waals surface area contributed by atoms with Crippen molar-refractivity contribution in [1.82, 2.24) is 14.8 Å². The van der Waals surface area contributed by atoms with Gasteiger partial charge in [-0.2, -0.15) is 0 Å². The van der Waals surface area contributed by atoms with Gasteiger partial charge in [0, 0.05) is 38.3 Å². The van der Waals surface area contributed by atoms with E-state index in [1.54, 1.807) is 0 Å². The van der Waals surface area contributed by atoms with Gasteiger partial charge in [0.25, 0.3) is 0 Å². The summed E-state index contributed by atoms with van der Waals surface area (Å²) in [6.45, 7) is 18.8. The topological polar surface area (TPSA) is 27.0 Å². The summed E-state index contributed by atoms with van der Waals surface area (Å²) in [7, 11) is 0. The molecule has 1 aromatic heterocycles. The van der Waals surface area contributed by atoms with Gasteiger partial charge in [-0.3, -0.25) is 4.90 Å². The van der Waals surface area contributed by atoms with E-state index in [0.717, 1.165) is 43.6 Å². The summed E-state index contributed by atoms with van der Waals surface area (Å²) in [5.41, 5.74) is 5.49. The number of piperidine rings is 1. The first-order valence-electron chi connectivity index (χ1n) is 12.5. The highest BCUT2D eigenvalue weighted by Gasteiger charge is 2.27. The number of pyridine rings is 1. The van der Waals surface area contributed by atoms with Gasteiger partial charge in [0.1, 0.15) is 5.82 Å². The minimum atomic E-state index is 0.668. The van der Waals surface area contributed by atoms with Gasteiger partial charge in [-0.25, -0.2) is 9.83 Å². The molecule has 0 spiro atoms. The molecule has 0 bridgehead atoms. The highest BCUT2D eigenvalue weighted by Crippen LogP contribution is 2.33. The highest BCUT2D eigenvalue weighted by molar-refractivity contribution is 5.88. The fourth-order valence-corrected chi connectivity index (χ4v) is 5.64. The summed E-state index contributed by atoms with van der Waals surface area (Å²) in [5.74, 6) is 1.10. The van der Waals surface area contributed by atoms with Crippen molar-refractivity contribution in [2.45, 2.75) is 51.6 Å². The first kappa shape index (κ1) is 22.1. The van der Waals surface area contributed by atoms with Crippen molar-refractivity contribution in [2.75, 3.05) is 44.2 Å². The van der Waals surface area contributed by atoms with E-state index in [4.69, 9.17) is 11.6 Å². The molecular formula is C28H35N5. The van der Waals surface area contributed by atoms with Crippen LogP contribution >= 0.6 is 0 Å². The Morgan fingerprint density at radius 1 is 1.00 bits per heavy atom. The predicted octanol–water partition coefficient (Wildman–Crippen LogP) is 5.11. The molecule has 0 radical (unpaired) electrons. The Bertz CT molecular complexity index is 1060. The summed E-state index contributed by atoms with van der Waals surface area (Å²) < 4.78 is 0. The molecule has 0 unspecified atom stereocenters. The minimum Gasteiger partial charge on any atom is -0.355 e. The summed E-state index contributed by atoms with van der Waals surface area (Å²) in [4.78, 5) is 16.5. The fraction of sp³-hybridized carbons (Fsp3) is 0.500. The summed E-state index contributed by atoms with van der Waals surface area (Å²) in [5, 5.41) is 0.